The van der Waals surface area contributed by atoms with Crippen molar-refractivity contribution in [3.8, 4) is 0 Å². The summed E-state index contributed by atoms with van der Waals surface area (Å²) in [6, 6.07) is 0. The number of halogens is 1. The predicted molar refractivity (Wildman–Crippen MR) is 62.5 cm³/mol. The first-order valence-electron chi connectivity index (χ1n) is 5.41. The van der Waals surface area contributed by atoms with Gasteiger partial charge in [-0.15, -0.1) is 0 Å². The molecule has 0 aromatic rings. The van der Waals surface area contributed by atoms with Crippen LogP contribution in [0.4, 0.5) is 0 Å². The van der Waals surface area contributed by atoms with Gasteiger partial charge in [0.2, 0.25) is 5.91 Å². The molecule has 14 heavy (non-hydrogen) atoms. The third-order valence-corrected chi connectivity index (χ3v) is 3.41. The molecule has 1 saturated carbocycles. The summed E-state index contributed by atoms with van der Waals surface area (Å²) in [6.45, 7) is 5.04. The van der Waals surface area contributed by atoms with Crippen molar-refractivity contribution in [1.29, 1.82) is 0 Å². The molecule has 3 heteroatoms. The number of alkyl halides is 1. The van der Waals surface area contributed by atoms with E-state index in [9.17, 15) is 4.79 Å². The molecule has 2 atom stereocenters. The highest BCUT2D eigenvalue weighted by Gasteiger charge is 2.33. The Hall–Kier alpha value is -0.0500. The van der Waals surface area contributed by atoms with Crippen LogP contribution in [0.2, 0.25) is 0 Å². The highest BCUT2D eigenvalue weighted by molar-refractivity contribution is 9.09. The van der Waals surface area contributed by atoms with E-state index in [-0.39, 0.29) is 5.92 Å². The maximum Gasteiger partial charge on any atom is 0.225 e. The van der Waals surface area contributed by atoms with E-state index < -0.39 is 0 Å². The standard InChI is InChI=1S/C11H20BrNO/c1-8(12)6-7-13(3)11(14)9(2)10-4-5-10/h8-10H,4-7H2,1-3H3. The summed E-state index contributed by atoms with van der Waals surface area (Å²) in [5, 5.41) is 0. The van der Waals surface area contributed by atoms with Crippen molar-refractivity contribution in [3.63, 3.8) is 0 Å². The van der Waals surface area contributed by atoms with Crippen molar-refractivity contribution in [2.75, 3.05) is 13.6 Å². The molecule has 1 aliphatic carbocycles. The summed E-state index contributed by atoms with van der Waals surface area (Å²) in [5.74, 6) is 1.23. The zero-order chi connectivity index (χ0) is 10.7. The van der Waals surface area contributed by atoms with Crippen molar-refractivity contribution in [1.82, 2.24) is 4.90 Å². The van der Waals surface area contributed by atoms with Crippen LogP contribution in [0.5, 0.6) is 0 Å². The number of hydrogen-bond acceptors (Lipinski definition) is 1. The van der Waals surface area contributed by atoms with Crippen molar-refractivity contribution >= 4 is 21.8 Å². The van der Waals surface area contributed by atoms with Gasteiger partial charge in [-0.2, -0.15) is 0 Å². The normalized spacial score (nSPS) is 20.3. The van der Waals surface area contributed by atoms with Crippen LogP contribution in [0, 0.1) is 11.8 Å². The third-order valence-electron chi connectivity index (χ3n) is 2.96. The zero-order valence-corrected chi connectivity index (χ0v) is 10.9. The maximum absolute atomic E-state index is 11.8. The minimum Gasteiger partial charge on any atom is -0.345 e. The second-order valence-corrected chi connectivity index (χ2v) is 6.02. The Morgan fingerprint density at radius 1 is 1.50 bits per heavy atom. The van der Waals surface area contributed by atoms with Gasteiger partial charge in [-0.05, 0) is 25.2 Å². The van der Waals surface area contributed by atoms with Gasteiger partial charge in [0.15, 0.2) is 0 Å². The summed E-state index contributed by atoms with van der Waals surface area (Å²) in [5.41, 5.74) is 0. The Morgan fingerprint density at radius 3 is 2.50 bits per heavy atom. The van der Waals surface area contributed by atoms with Crippen LogP contribution >= 0.6 is 15.9 Å². The van der Waals surface area contributed by atoms with Crippen LogP contribution < -0.4 is 0 Å². The SMILES string of the molecule is CC(Br)CCN(C)C(=O)C(C)C1CC1. The molecule has 0 radical (unpaired) electrons. The molecule has 0 bridgehead atoms. The lowest BCUT2D eigenvalue weighted by molar-refractivity contribution is -0.134. The Morgan fingerprint density at radius 2 is 2.07 bits per heavy atom. The largest absolute Gasteiger partial charge is 0.345 e. The first-order valence-corrected chi connectivity index (χ1v) is 6.33. The minimum absolute atomic E-state index is 0.241. The lowest BCUT2D eigenvalue weighted by Gasteiger charge is -2.21. The molecular weight excluding hydrogens is 242 g/mol. The van der Waals surface area contributed by atoms with Crippen LogP contribution in [0.1, 0.15) is 33.1 Å². The van der Waals surface area contributed by atoms with Crippen molar-refractivity contribution in [2.45, 2.75) is 37.9 Å². The summed E-state index contributed by atoms with van der Waals surface area (Å²) >= 11 is 3.49. The van der Waals surface area contributed by atoms with E-state index >= 15 is 0 Å². The van der Waals surface area contributed by atoms with E-state index in [0.29, 0.717) is 16.7 Å². The van der Waals surface area contributed by atoms with Crippen LogP contribution in [0.3, 0.4) is 0 Å². The van der Waals surface area contributed by atoms with Crippen molar-refractivity contribution < 1.29 is 4.79 Å². The van der Waals surface area contributed by atoms with E-state index in [1.165, 1.54) is 12.8 Å². The third kappa shape index (κ3) is 3.60. The van der Waals surface area contributed by atoms with Gasteiger partial charge in [0.05, 0.1) is 0 Å². The fraction of sp³-hybridized carbons (Fsp3) is 0.909. The second-order valence-electron chi connectivity index (χ2n) is 4.46. The van der Waals surface area contributed by atoms with Crippen LogP contribution in [0.25, 0.3) is 0 Å². The van der Waals surface area contributed by atoms with E-state index in [1.807, 2.05) is 11.9 Å². The average Bonchev–Trinajstić information content (AvgIpc) is 2.94. The quantitative estimate of drug-likeness (QED) is 0.697. The fourth-order valence-corrected chi connectivity index (χ4v) is 1.83. The molecule has 82 valence electrons. The molecular formula is C11H20BrNO. The van der Waals surface area contributed by atoms with Gasteiger partial charge >= 0.3 is 0 Å². The molecule has 2 unspecified atom stereocenters. The lowest BCUT2D eigenvalue weighted by Crippen LogP contribution is -2.34. The number of carbonyl (C=O) groups excluding carboxylic acids is 1. The fourth-order valence-electron chi connectivity index (χ4n) is 1.63. The Labute approximate surface area is 95.2 Å². The van der Waals surface area contributed by atoms with Crippen LogP contribution in [-0.4, -0.2) is 29.2 Å². The first kappa shape index (κ1) is 12.0. The van der Waals surface area contributed by atoms with Crippen molar-refractivity contribution in [3.05, 3.63) is 0 Å². The summed E-state index contributed by atoms with van der Waals surface area (Å²) in [4.78, 5) is 14.2. The molecule has 0 aromatic heterocycles. The molecule has 0 spiro atoms. The lowest BCUT2D eigenvalue weighted by atomic mass is 10.1. The van der Waals surface area contributed by atoms with Crippen LogP contribution in [0.15, 0.2) is 0 Å². The van der Waals surface area contributed by atoms with Gasteiger partial charge < -0.3 is 4.90 Å². The molecule has 2 nitrogen and oxygen atoms in total. The minimum atomic E-state index is 0.241. The number of amides is 1. The zero-order valence-electron chi connectivity index (χ0n) is 9.29. The highest BCUT2D eigenvalue weighted by Crippen LogP contribution is 2.37. The summed E-state index contributed by atoms with van der Waals surface area (Å²) < 4.78 is 0. The first-order chi connectivity index (χ1) is 6.52. The number of rotatable bonds is 5. The van der Waals surface area contributed by atoms with E-state index in [0.717, 1.165) is 13.0 Å². The smallest absolute Gasteiger partial charge is 0.225 e. The number of hydrogen-bond donors (Lipinski definition) is 0. The Bertz CT molecular complexity index is 201. The maximum atomic E-state index is 11.8. The molecule has 0 aliphatic heterocycles. The van der Waals surface area contributed by atoms with Gasteiger partial charge in [-0.3, -0.25) is 4.79 Å². The highest BCUT2D eigenvalue weighted by atomic mass is 79.9. The molecule has 0 aromatic carbocycles. The molecule has 1 aliphatic rings. The summed E-state index contributed by atoms with van der Waals surface area (Å²) in [6.07, 6.45) is 3.52. The van der Waals surface area contributed by atoms with Gasteiger partial charge in [-0.25, -0.2) is 0 Å². The van der Waals surface area contributed by atoms with E-state index in [2.05, 4.69) is 29.8 Å². The topological polar surface area (TPSA) is 20.3 Å². The summed E-state index contributed by atoms with van der Waals surface area (Å²) in [7, 11) is 1.91. The predicted octanol–water partition coefficient (Wildman–Crippen LogP) is 2.66. The molecule has 1 amide bonds. The van der Waals surface area contributed by atoms with Gasteiger partial charge in [0, 0.05) is 24.3 Å². The monoisotopic (exact) mass is 261 g/mol. The molecule has 1 fully saturated rings. The Kier molecular flexibility index (Phi) is 4.42. The molecule has 0 heterocycles. The van der Waals surface area contributed by atoms with E-state index in [4.69, 9.17) is 0 Å². The van der Waals surface area contributed by atoms with E-state index in [1.54, 1.807) is 0 Å². The van der Waals surface area contributed by atoms with Crippen molar-refractivity contribution in [2.24, 2.45) is 11.8 Å². The molecule has 0 saturated heterocycles. The molecule has 0 N–H and O–H groups in total. The number of carbonyl (C=O) groups is 1. The second kappa shape index (κ2) is 5.15. The number of nitrogens with zero attached hydrogens (tertiary/aromatic N) is 1. The van der Waals surface area contributed by atoms with Gasteiger partial charge in [-0.1, -0.05) is 29.8 Å². The van der Waals surface area contributed by atoms with Gasteiger partial charge in [0.1, 0.15) is 0 Å². The molecule has 1 rings (SSSR count). The Balaban J connectivity index is 2.27. The van der Waals surface area contributed by atoms with Gasteiger partial charge in [0.25, 0.3) is 0 Å². The average molecular weight is 262 g/mol. The van der Waals surface area contributed by atoms with Crippen LogP contribution in [-0.2, 0) is 4.79 Å².